The van der Waals surface area contributed by atoms with Crippen LogP contribution in [0.1, 0.15) is 0 Å². The highest BCUT2D eigenvalue weighted by molar-refractivity contribution is 5.58. The molecule has 4 nitrogen and oxygen atoms in total. The van der Waals surface area contributed by atoms with Crippen molar-refractivity contribution in [3.63, 3.8) is 0 Å². The molecule has 0 unspecified atom stereocenters. The SMILES string of the molecule is Cn1cc(-c2cc(O)ccn2)cn1. The molecule has 0 aliphatic rings. The highest BCUT2D eigenvalue weighted by atomic mass is 16.3. The molecule has 13 heavy (non-hydrogen) atoms. The Bertz CT molecular complexity index is 422. The predicted octanol–water partition coefficient (Wildman–Crippen LogP) is 1.19. The normalized spacial score (nSPS) is 10.2. The third kappa shape index (κ3) is 1.51. The first-order chi connectivity index (χ1) is 6.25. The molecule has 0 aromatic carbocycles. The molecule has 4 heteroatoms. The lowest BCUT2D eigenvalue weighted by Crippen LogP contribution is -1.84. The third-order valence-electron chi connectivity index (χ3n) is 1.74. The van der Waals surface area contributed by atoms with Crippen LogP contribution >= 0.6 is 0 Å². The summed E-state index contributed by atoms with van der Waals surface area (Å²) in [7, 11) is 1.84. The zero-order valence-corrected chi connectivity index (χ0v) is 7.18. The van der Waals surface area contributed by atoms with Crippen molar-refractivity contribution in [2.24, 2.45) is 7.05 Å². The van der Waals surface area contributed by atoms with Crippen molar-refractivity contribution in [3.8, 4) is 17.0 Å². The molecule has 0 fully saturated rings. The summed E-state index contributed by atoms with van der Waals surface area (Å²) in [6, 6.07) is 3.15. The first kappa shape index (κ1) is 7.79. The minimum atomic E-state index is 0.217. The van der Waals surface area contributed by atoms with Crippen LogP contribution in [0.2, 0.25) is 0 Å². The van der Waals surface area contributed by atoms with Gasteiger partial charge in [0.15, 0.2) is 0 Å². The molecule has 0 spiro atoms. The Hall–Kier alpha value is -1.84. The number of pyridine rings is 1. The van der Waals surface area contributed by atoms with Crippen LogP contribution in [0.4, 0.5) is 0 Å². The number of aryl methyl sites for hydroxylation is 1. The zero-order chi connectivity index (χ0) is 9.26. The van der Waals surface area contributed by atoms with E-state index >= 15 is 0 Å². The highest BCUT2D eigenvalue weighted by Crippen LogP contribution is 2.19. The van der Waals surface area contributed by atoms with Crippen molar-refractivity contribution in [3.05, 3.63) is 30.7 Å². The predicted molar refractivity (Wildman–Crippen MR) is 48.1 cm³/mol. The summed E-state index contributed by atoms with van der Waals surface area (Å²) >= 11 is 0. The summed E-state index contributed by atoms with van der Waals surface area (Å²) in [4.78, 5) is 4.11. The van der Waals surface area contributed by atoms with Gasteiger partial charge in [-0.1, -0.05) is 0 Å². The van der Waals surface area contributed by atoms with E-state index in [-0.39, 0.29) is 5.75 Å². The Labute approximate surface area is 75.5 Å². The van der Waals surface area contributed by atoms with Gasteiger partial charge in [0, 0.05) is 31.1 Å². The molecule has 0 amide bonds. The van der Waals surface area contributed by atoms with E-state index in [1.807, 2.05) is 13.2 Å². The summed E-state index contributed by atoms with van der Waals surface area (Å²) < 4.78 is 1.70. The van der Waals surface area contributed by atoms with Gasteiger partial charge >= 0.3 is 0 Å². The molecule has 1 N–H and O–H groups in total. The fraction of sp³-hybridized carbons (Fsp3) is 0.111. The van der Waals surface area contributed by atoms with Crippen molar-refractivity contribution in [2.45, 2.75) is 0 Å². The van der Waals surface area contributed by atoms with Gasteiger partial charge in [-0.05, 0) is 6.07 Å². The third-order valence-corrected chi connectivity index (χ3v) is 1.74. The summed E-state index contributed by atoms with van der Waals surface area (Å²) in [5, 5.41) is 13.2. The quantitative estimate of drug-likeness (QED) is 0.708. The van der Waals surface area contributed by atoms with Crippen molar-refractivity contribution in [2.75, 3.05) is 0 Å². The number of nitrogens with zero attached hydrogens (tertiary/aromatic N) is 3. The summed E-state index contributed by atoms with van der Waals surface area (Å²) in [5.74, 6) is 0.217. The Kier molecular flexibility index (Phi) is 1.73. The van der Waals surface area contributed by atoms with Gasteiger partial charge in [-0.15, -0.1) is 0 Å². The van der Waals surface area contributed by atoms with E-state index in [2.05, 4.69) is 10.1 Å². The Morgan fingerprint density at radius 1 is 1.46 bits per heavy atom. The van der Waals surface area contributed by atoms with Crippen molar-refractivity contribution >= 4 is 0 Å². The molecular weight excluding hydrogens is 166 g/mol. The molecule has 2 heterocycles. The fourth-order valence-corrected chi connectivity index (χ4v) is 1.13. The van der Waals surface area contributed by atoms with E-state index in [9.17, 15) is 5.11 Å². The highest BCUT2D eigenvalue weighted by Gasteiger charge is 2.01. The molecule has 0 aliphatic carbocycles. The van der Waals surface area contributed by atoms with Gasteiger partial charge in [0.25, 0.3) is 0 Å². The molecule has 0 aliphatic heterocycles. The molecular formula is C9H9N3O. The van der Waals surface area contributed by atoms with E-state index in [1.54, 1.807) is 29.2 Å². The maximum absolute atomic E-state index is 9.21. The summed E-state index contributed by atoms with van der Waals surface area (Å²) in [6.45, 7) is 0. The van der Waals surface area contributed by atoms with Crippen LogP contribution in [0.5, 0.6) is 5.75 Å². The Morgan fingerprint density at radius 2 is 2.31 bits per heavy atom. The summed E-state index contributed by atoms with van der Waals surface area (Å²) in [6.07, 6.45) is 5.13. The van der Waals surface area contributed by atoms with Gasteiger partial charge in [0.2, 0.25) is 0 Å². The fourth-order valence-electron chi connectivity index (χ4n) is 1.13. The van der Waals surface area contributed by atoms with Crippen molar-refractivity contribution < 1.29 is 5.11 Å². The molecule has 66 valence electrons. The molecule has 0 radical (unpaired) electrons. The standard InChI is InChI=1S/C9H9N3O/c1-12-6-7(5-11-12)9-4-8(13)2-3-10-9/h2-6H,1H3,(H,10,13). The Balaban J connectivity index is 2.46. The average Bonchev–Trinajstić information content (AvgIpc) is 2.52. The van der Waals surface area contributed by atoms with Gasteiger partial charge < -0.3 is 5.11 Å². The maximum atomic E-state index is 9.21. The second-order valence-corrected chi connectivity index (χ2v) is 2.80. The maximum Gasteiger partial charge on any atom is 0.119 e. The lowest BCUT2D eigenvalue weighted by Gasteiger charge is -1.95. The molecule has 2 aromatic heterocycles. The largest absolute Gasteiger partial charge is 0.508 e. The second kappa shape index (κ2) is 2.90. The van der Waals surface area contributed by atoms with Crippen molar-refractivity contribution in [1.82, 2.24) is 14.8 Å². The van der Waals surface area contributed by atoms with Crippen LogP contribution in [0, 0.1) is 0 Å². The lowest BCUT2D eigenvalue weighted by atomic mass is 10.2. The molecule has 0 saturated heterocycles. The monoisotopic (exact) mass is 175 g/mol. The number of hydrogen-bond donors (Lipinski definition) is 1. The zero-order valence-electron chi connectivity index (χ0n) is 7.18. The van der Waals surface area contributed by atoms with Crippen LogP contribution in [0.15, 0.2) is 30.7 Å². The molecule has 2 rings (SSSR count). The van der Waals surface area contributed by atoms with Crippen LogP contribution in [0.3, 0.4) is 0 Å². The van der Waals surface area contributed by atoms with Crippen LogP contribution in [-0.4, -0.2) is 19.9 Å². The number of aromatic hydroxyl groups is 1. The first-order valence-corrected chi connectivity index (χ1v) is 3.90. The van der Waals surface area contributed by atoms with Crippen LogP contribution in [-0.2, 0) is 7.05 Å². The van der Waals surface area contributed by atoms with E-state index < -0.39 is 0 Å². The van der Waals surface area contributed by atoms with Crippen LogP contribution in [0.25, 0.3) is 11.3 Å². The van der Waals surface area contributed by atoms with Crippen molar-refractivity contribution in [1.29, 1.82) is 0 Å². The lowest BCUT2D eigenvalue weighted by molar-refractivity contribution is 0.475. The minimum Gasteiger partial charge on any atom is -0.508 e. The first-order valence-electron chi connectivity index (χ1n) is 3.90. The number of hydrogen-bond acceptors (Lipinski definition) is 3. The minimum absolute atomic E-state index is 0.217. The van der Waals surface area contributed by atoms with Gasteiger partial charge in [0.05, 0.1) is 11.9 Å². The van der Waals surface area contributed by atoms with Gasteiger partial charge in [0.1, 0.15) is 5.75 Å². The van der Waals surface area contributed by atoms with Gasteiger partial charge in [-0.3, -0.25) is 9.67 Å². The van der Waals surface area contributed by atoms with E-state index in [0.717, 1.165) is 11.3 Å². The molecule has 0 atom stereocenters. The smallest absolute Gasteiger partial charge is 0.119 e. The van der Waals surface area contributed by atoms with E-state index in [4.69, 9.17) is 0 Å². The van der Waals surface area contributed by atoms with Crippen LogP contribution < -0.4 is 0 Å². The Morgan fingerprint density at radius 3 is 2.92 bits per heavy atom. The molecule has 2 aromatic rings. The number of aromatic nitrogens is 3. The average molecular weight is 175 g/mol. The van der Waals surface area contributed by atoms with E-state index in [0.29, 0.717) is 0 Å². The topological polar surface area (TPSA) is 50.9 Å². The molecule has 0 saturated carbocycles. The van der Waals surface area contributed by atoms with Gasteiger partial charge in [-0.25, -0.2) is 0 Å². The number of rotatable bonds is 1. The summed E-state index contributed by atoms with van der Waals surface area (Å²) in [5.41, 5.74) is 1.63. The van der Waals surface area contributed by atoms with Gasteiger partial charge in [-0.2, -0.15) is 5.10 Å². The van der Waals surface area contributed by atoms with E-state index in [1.165, 1.54) is 0 Å². The molecule has 0 bridgehead atoms. The second-order valence-electron chi connectivity index (χ2n) is 2.80.